The highest BCUT2D eigenvalue weighted by molar-refractivity contribution is 7.89. The fourth-order valence-corrected chi connectivity index (χ4v) is 4.86. The summed E-state index contributed by atoms with van der Waals surface area (Å²) in [6, 6.07) is 21.1. The Kier molecular flexibility index (Phi) is 8.08. The third-order valence-electron chi connectivity index (χ3n) is 5.19. The zero-order chi connectivity index (χ0) is 23.8. The Morgan fingerprint density at radius 1 is 0.939 bits per heavy atom. The molecular formula is C25H28N2O5S. The number of nitrogens with one attached hydrogen (secondary N) is 1. The summed E-state index contributed by atoms with van der Waals surface area (Å²) in [5.41, 5.74) is 2.24. The van der Waals surface area contributed by atoms with Crippen molar-refractivity contribution in [2.75, 3.05) is 32.6 Å². The number of carbonyl (C=O) groups excluding carboxylic acids is 1. The first-order valence-electron chi connectivity index (χ1n) is 10.5. The smallest absolute Gasteiger partial charge is 0.243 e. The van der Waals surface area contributed by atoms with E-state index in [1.54, 1.807) is 50.4 Å². The zero-order valence-corrected chi connectivity index (χ0v) is 19.8. The molecule has 0 radical (unpaired) electrons. The molecule has 0 aliphatic heterocycles. The Morgan fingerprint density at radius 3 is 2.24 bits per heavy atom. The van der Waals surface area contributed by atoms with E-state index < -0.39 is 15.9 Å². The quantitative estimate of drug-likeness (QED) is 0.488. The minimum Gasteiger partial charge on any atom is -0.497 e. The number of hydrogen-bond acceptors (Lipinski definition) is 5. The van der Waals surface area contributed by atoms with Crippen LogP contribution in [0.2, 0.25) is 0 Å². The van der Waals surface area contributed by atoms with E-state index in [2.05, 4.69) is 5.32 Å². The maximum atomic E-state index is 13.5. The van der Waals surface area contributed by atoms with Crippen LogP contribution >= 0.6 is 0 Å². The predicted octanol–water partition coefficient (Wildman–Crippen LogP) is 3.88. The average Bonchev–Trinajstić information content (AvgIpc) is 2.82. The molecule has 1 amide bonds. The Bertz CT molecular complexity index is 1180. The van der Waals surface area contributed by atoms with E-state index >= 15 is 0 Å². The van der Waals surface area contributed by atoms with Gasteiger partial charge in [-0.15, -0.1) is 0 Å². The molecular weight excluding hydrogens is 440 g/mol. The second-order valence-electron chi connectivity index (χ2n) is 7.48. The Labute approximate surface area is 195 Å². The van der Waals surface area contributed by atoms with E-state index in [4.69, 9.17) is 9.47 Å². The van der Waals surface area contributed by atoms with Crippen molar-refractivity contribution in [2.45, 2.75) is 18.2 Å². The number of anilines is 1. The molecule has 0 aliphatic rings. The second-order valence-corrected chi connectivity index (χ2v) is 9.42. The number of sulfonamides is 1. The largest absolute Gasteiger partial charge is 0.497 e. The lowest BCUT2D eigenvalue weighted by molar-refractivity contribution is -0.116. The highest BCUT2D eigenvalue weighted by Gasteiger charge is 2.27. The number of hydrogen-bond donors (Lipinski definition) is 1. The maximum absolute atomic E-state index is 13.5. The average molecular weight is 469 g/mol. The minimum atomic E-state index is -3.92. The third-order valence-corrected chi connectivity index (χ3v) is 7.03. The van der Waals surface area contributed by atoms with Gasteiger partial charge in [0.25, 0.3) is 0 Å². The van der Waals surface area contributed by atoms with E-state index in [0.717, 1.165) is 5.56 Å². The number of methoxy groups -OCH3 is 2. The standard InChI is InChI=1S/C25H28N2O5S/c1-19-17-23(13-14-24(19)32-3)33(29,30)27(16-15-20-7-5-4-6-8-20)18-25(28)26-21-9-11-22(31-2)12-10-21/h4-14,17H,15-16,18H2,1-3H3,(H,26,28). The van der Waals surface area contributed by atoms with Gasteiger partial charge in [0, 0.05) is 12.2 Å². The first-order valence-corrected chi connectivity index (χ1v) is 11.9. The summed E-state index contributed by atoms with van der Waals surface area (Å²) in [4.78, 5) is 12.9. The molecule has 0 fully saturated rings. The van der Waals surface area contributed by atoms with Crippen molar-refractivity contribution in [3.05, 3.63) is 83.9 Å². The molecule has 8 heteroatoms. The molecule has 174 valence electrons. The lowest BCUT2D eigenvalue weighted by Gasteiger charge is -2.22. The van der Waals surface area contributed by atoms with Gasteiger partial charge in [0.15, 0.2) is 0 Å². The van der Waals surface area contributed by atoms with Crippen LogP contribution in [0.5, 0.6) is 11.5 Å². The third kappa shape index (κ3) is 6.34. The molecule has 0 aromatic heterocycles. The fourth-order valence-electron chi connectivity index (χ4n) is 3.38. The van der Waals surface area contributed by atoms with Crippen LogP contribution in [0.3, 0.4) is 0 Å². The van der Waals surface area contributed by atoms with Gasteiger partial charge in [-0.3, -0.25) is 4.79 Å². The number of carbonyl (C=O) groups is 1. The van der Waals surface area contributed by atoms with Crippen LogP contribution in [0.1, 0.15) is 11.1 Å². The van der Waals surface area contributed by atoms with Gasteiger partial charge in [-0.1, -0.05) is 30.3 Å². The number of nitrogens with zero attached hydrogens (tertiary/aromatic N) is 1. The van der Waals surface area contributed by atoms with Gasteiger partial charge in [0.2, 0.25) is 15.9 Å². The maximum Gasteiger partial charge on any atom is 0.243 e. The van der Waals surface area contributed by atoms with Crippen molar-refractivity contribution in [3.63, 3.8) is 0 Å². The van der Waals surface area contributed by atoms with Crippen molar-refractivity contribution in [2.24, 2.45) is 0 Å². The molecule has 0 saturated heterocycles. The number of ether oxygens (including phenoxy) is 2. The molecule has 0 bridgehead atoms. The van der Waals surface area contributed by atoms with Crippen LogP contribution in [-0.4, -0.2) is 45.9 Å². The van der Waals surface area contributed by atoms with Crippen molar-refractivity contribution >= 4 is 21.6 Å². The molecule has 3 rings (SSSR count). The van der Waals surface area contributed by atoms with Crippen LogP contribution in [0.15, 0.2) is 77.7 Å². The molecule has 3 aromatic carbocycles. The number of aryl methyl sites for hydroxylation is 1. The summed E-state index contributed by atoms with van der Waals surface area (Å²) in [6.45, 7) is 1.63. The summed E-state index contributed by atoms with van der Waals surface area (Å²) < 4.78 is 38.5. The van der Waals surface area contributed by atoms with Gasteiger partial charge in [-0.25, -0.2) is 8.42 Å². The highest BCUT2D eigenvalue weighted by Crippen LogP contribution is 2.24. The number of benzene rings is 3. The van der Waals surface area contributed by atoms with E-state index in [-0.39, 0.29) is 18.0 Å². The molecule has 0 heterocycles. The van der Waals surface area contributed by atoms with Gasteiger partial charge < -0.3 is 14.8 Å². The Balaban J connectivity index is 1.82. The van der Waals surface area contributed by atoms with Crippen LogP contribution in [0, 0.1) is 6.92 Å². The normalized spacial score (nSPS) is 11.3. The summed E-state index contributed by atoms with van der Waals surface area (Å²) in [5, 5.41) is 2.75. The molecule has 0 aliphatic carbocycles. The molecule has 1 N–H and O–H groups in total. The number of rotatable bonds is 10. The van der Waals surface area contributed by atoms with Crippen LogP contribution < -0.4 is 14.8 Å². The van der Waals surface area contributed by atoms with E-state index in [1.807, 2.05) is 30.3 Å². The Hall–Kier alpha value is -3.36. The molecule has 7 nitrogen and oxygen atoms in total. The molecule has 33 heavy (non-hydrogen) atoms. The van der Waals surface area contributed by atoms with E-state index in [1.165, 1.54) is 17.5 Å². The summed E-state index contributed by atoms with van der Waals surface area (Å²) >= 11 is 0. The van der Waals surface area contributed by atoms with E-state index in [0.29, 0.717) is 29.2 Å². The zero-order valence-electron chi connectivity index (χ0n) is 18.9. The monoisotopic (exact) mass is 468 g/mol. The van der Waals surface area contributed by atoms with Gasteiger partial charge in [-0.05, 0) is 66.9 Å². The molecule has 0 unspecified atom stereocenters. The first-order chi connectivity index (χ1) is 15.8. The van der Waals surface area contributed by atoms with Crippen LogP contribution in [0.4, 0.5) is 5.69 Å². The minimum absolute atomic E-state index is 0.117. The van der Waals surface area contributed by atoms with Crippen LogP contribution in [-0.2, 0) is 21.2 Å². The lowest BCUT2D eigenvalue weighted by atomic mass is 10.1. The van der Waals surface area contributed by atoms with Crippen molar-refractivity contribution in [3.8, 4) is 11.5 Å². The SMILES string of the molecule is COc1ccc(NC(=O)CN(CCc2ccccc2)S(=O)(=O)c2ccc(OC)c(C)c2)cc1. The highest BCUT2D eigenvalue weighted by atomic mass is 32.2. The van der Waals surface area contributed by atoms with E-state index in [9.17, 15) is 13.2 Å². The summed E-state index contributed by atoms with van der Waals surface area (Å²) in [5.74, 6) is 0.832. The van der Waals surface area contributed by atoms with Crippen LogP contribution in [0.25, 0.3) is 0 Å². The molecule has 0 saturated carbocycles. The number of amides is 1. The summed E-state index contributed by atoms with van der Waals surface area (Å²) in [7, 11) is -0.826. The van der Waals surface area contributed by atoms with Gasteiger partial charge >= 0.3 is 0 Å². The van der Waals surface area contributed by atoms with Gasteiger partial charge in [0.1, 0.15) is 11.5 Å². The topological polar surface area (TPSA) is 84.9 Å². The molecule has 0 spiro atoms. The lowest BCUT2D eigenvalue weighted by Crippen LogP contribution is -2.39. The van der Waals surface area contributed by atoms with Crippen molar-refractivity contribution < 1.29 is 22.7 Å². The van der Waals surface area contributed by atoms with Gasteiger partial charge in [0.05, 0.1) is 25.7 Å². The Morgan fingerprint density at radius 2 is 1.64 bits per heavy atom. The fraction of sp³-hybridized carbons (Fsp3) is 0.240. The first kappa shape index (κ1) is 24.3. The molecule has 3 aromatic rings. The van der Waals surface area contributed by atoms with Crippen molar-refractivity contribution in [1.82, 2.24) is 4.31 Å². The summed E-state index contributed by atoms with van der Waals surface area (Å²) in [6.07, 6.45) is 0.477. The predicted molar refractivity (Wildman–Crippen MR) is 128 cm³/mol. The van der Waals surface area contributed by atoms with Gasteiger partial charge in [-0.2, -0.15) is 4.31 Å². The van der Waals surface area contributed by atoms with Crippen molar-refractivity contribution in [1.29, 1.82) is 0 Å². The molecule has 0 atom stereocenters. The second kappa shape index (κ2) is 11.0.